The van der Waals surface area contributed by atoms with Crippen LogP contribution in [0.2, 0.25) is 0 Å². The number of halogens is 1. The lowest BCUT2D eigenvalue weighted by Crippen LogP contribution is -2.25. The third-order valence-corrected chi connectivity index (χ3v) is 5.57. The quantitative estimate of drug-likeness (QED) is 0.522. The summed E-state index contributed by atoms with van der Waals surface area (Å²) in [5.41, 5.74) is 3.98. The van der Waals surface area contributed by atoms with Gasteiger partial charge in [0.1, 0.15) is 17.3 Å². The molecule has 0 saturated carbocycles. The lowest BCUT2D eigenvalue weighted by molar-refractivity contribution is -0.109. The maximum Gasteiger partial charge on any atom is 0.206 e. The van der Waals surface area contributed by atoms with Gasteiger partial charge in [-0.05, 0) is 79.6 Å². The molecule has 184 valence electrons. The van der Waals surface area contributed by atoms with Gasteiger partial charge in [-0.2, -0.15) is 5.10 Å². The molecule has 7 nitrogen and oxygen atoms in total. The van der Waals surface area contributed by atoms with Crippen molar-refractivity contribution in [2.24, 2.45) is 5.10 Å². The number of hydrazone groups is 1. The Morgan fingerprint density at radius 2 is 1.54 bits per heavy atom. The first-order valence-electron chi connectivity index (χ1n) is 11.1. The number of likely N-dealkylation sites (N-methyl/N-ethyl adjacent to an activating group) is 1. The van der Waals surface area contributed by atoms with E-state index in [2.05, 4.69) is 12.2 Å². The second-order valence-electron chi connectivity index (χ2n) is 7.93. The molecule has 4 rings (SSSR count). The summed E-state index contributed by atoms with van der Waals surface area (Å²) in [6.45, 7) is 2.15. The fourth-order valence-electron chi connectivity index (χ4n) is 3.60. The Kier molecular flexibility index (Phi) is 8.67. The summed E-state index contributed by atoms with van der Waals surface area (Å²) in [6.07, 6.45) is 1.46. The Balaban J connectivity index is 0.000000795. The molecule has 0 saturated heterocycles. The molecule has 0 spiro atoms. The molecule has 3 aromatic carbocycles. The number of rotatable bonds is 6. The minimum absolute atomic E-state index is 0.232. The van der Waals surface area contributed by atoms with Crippen LogP contribution in [-0.4, -0.2) is 51.5 Å². The molecule has 1 unspecified atom stereocenters. The Bertz CT molecular complexity index is 1160. The number of amides is 1. The molecule has 0 radical (unpaired) electrons. The minimum Gasteiger partial charge on any atom is -0.493 e. The zero-order valence-electron chi connectivity index (χ0n) is 20.5. The second-order valence-corrected chi connectivity index (χ2v) is 7.93. The molecule has 0 aliphatic carbocycles. The van der Waals surface area contributed by atoms with Crippen molar-refractivity contribution >= 4 is 12.1 Å². The third kappa shape index (κ3) is 6.29. The summed E-state index contributed by atoms with van der Waals surface area (Å²) >= 11 is 0. The van der Waals surface area contributed by atoms with Crippen molar-refractivity contribution in [2.75, 3.05) is 28.3 Å². The van der Waals surface area contributed by atoms with Gasteiger partial charge in [0, 0.05) is 31.3 Å². The number of benzene rings is 3. The predicted molar refractivity (Wildman–Crippen MR) is 134 cm³/mol. The van der Waals surface area contributed by atoms with E-state index >= 15 is 0 Å². The number of carbonyl (C=O) groups excluding carboxylic acids is 1. The van der Waals surface area contributed by atoms with Crippen LogP contribution in [0.3, 0.4) is 0 Å². The minimum atomic E-state index is -0.293. The normalized spacial score (nSPS) is 14.4. The average Bonchev–Trinajstić information content (AvgIpc) is 3.00. The van der Waals surface area contributed by atoms with Gasteiger partial charge in [0.2, 0.25) is 6.41 Å². The number of hydrogen-bond acceptors (Lipinski definition) is 6. The largest absolute Gasteiger partial charge is 0.493 e. The number of ether oxygens (including phenoxy) is 3. The smallest absolute Gasteiger partial charge is 0.206 e. The summed E-state index contributed by atoms with van der Waals surface area (Å²) in [5.74, 6) is 2.33. The summed E-state index contributed by atoms with van der Waals surface area (Å²) in [6, 6.07) is 17.9. The van der Waals surface area contributed by atoms with E-state index in [-0.39, 0.29) is 11.9 Å². The maximum absolute atomic E-state index is 13.1. The van der Waals surface area contributed by atoms with Crippen molar-refractivity contribution in [3.05, 3.63) is 83.2 Å². The van der Waals surface area contributed by atoms with Gasteiger partial charge in [-0.15, -0.1) is 0 Å². The van der Waals surface area contributed by atoms with Crippen LogP contribution in [0.15, 0.2) is 65.8 Å². The monoisotopic (exact) mass is 479 g/mol. The number of nitrogens with one attached hydrogen (secondary N) is 1. The van der Waals surface area contributed by atoms with Crippen LogP contribution in [0, 0.1) is 5.82 Å². The van der Waals surface area contributed by atoms with E-state index < -0.39 is 0 Å². The predicted octanol–water partition coefficient (Wildman–Crippen LogP) is 4.63. The van der Waals surface area contributed by atoms with Crippen LogP contribution in [-0.2, 0) is 11.2 Å². The van der Waals surface area contributed by atoms with Crippen LogP contribution in [0.5, 0.6) is 23.0 Å². The summed E-state index contributed by atoms with van der Waals surface area (Å²) in [5, 5.41) is 9.13. The Labute approximate surface area is 205 Å². The Morgan fingerprint density at radius 1 is 1.00 bits per heavy atom. The fraction of sp³-hybridized carbons (Fsp3) is 0.259. The molecule has 1 N–H and O–H groups in total. The summed E-state index contributed by atoms with van der Waals surface area (Å²) in [4.78, 5) is 9.06. The van der Waals surface area contributed by atoms with Crippen molar-refractivity contribution in [2.45, 2.75) is 19.4 Å². The van der Waals surface area contributed by atoms with E-state index in [0.29, 0.717) is 29.4 Å². The highest BCUT2D eigenvalue weighted by Gasteiger charge is 2.23. The highest BCUT2D eigenvalue weighted by Crippen LogP contribution is 2.34. The van der Waals surface area contributed by atoms with E-state index in [4.69, 9.17) is 24.1 Å². The molecule has 8 heteroatoms. The van der Waals surface area contributed by atoms with Crippen LogP contribution in [0.4, 0.5) is 4.39 Å². The fourth-order valence-corrected chi connectivity index (χ4v) is 3.60. The van der Waals surface area contributed by atoms with Crippen molar-refractivity contribution in [1.82, 2.24) is 10.3 Å². The topological polar surface area (TPSA) is 72.4 Å². The summed E-state index contributed by atoms with van der Waals surface area (Å²) < 4.78 is 30.0. The van der Waals surface area contributed by atoms with Gasteiger partial charge >= 0.3 is 0 Å². The summed E-state index contributed by atoms with van der Waals surface area (Å²) in [7, 11) is 6.82. The van der Waals surface area contributed by atoms with E-state index in [1.54, 1.807) is 33.4 Å². The van der Waals surface area contributed by atoms with E-state index in [1.165, 1.54) is 12.1 Å². The first-order chi connectivity index (χ1) is 16.9. The Hall–Kier alpha value is -4.07. The number of nitrogens with zero attached hydrogens (tertiary/aromatic N) is 2. The van der Waals surface area contributed by atoms with Crippen molar-refractivity contribution in [3.8, 4) is 23.0 Å². The van der Waals surface area contributed by atoms with Gasteiger partial charge < -0.3 is 19.5 Å². The molecule has 1 aliphatic heterocycles. The molecular weight excluding hydrogens is 449 g/mol. The van der Waals surface area contributed by atoms with Gasteiger partial charge in [0.05, 0.1) is 19.9 Å². The lowest BCUT2D eigenvalue weighted by atomic mass is 9.94. The first kappa shape index (κ1) is 25.6. The van der Waals surface area contributed by atoms with Crippen LogP contribution < -0.4 is 19.5 Å². The zero-order valence-corrected chi connectivity index (χ0v) is 20.5. The van der Waals surface area contributed by atoms with Crippen LogP contribution in [0.1, 0.15) is 23.6 Å². The van der Waals surface area contributed by atoms with Crippen molar-refractivity contribution in [3.63, 3.8) is 0 Å². The first-order valence-corrected chi connectivity index (χ1v) is 11.1. The van der Waals surface area contributed by atoms with E-state index in [9.17, 15) is 4.39 Å². The molecule has 1 atom stereocenters. The molecule has 3 aromatic rings. The molecule has 35 heavy (non-hydrogen) atoms. The molecule has 1 heterocycles. The van der Waals surface area contributed by atoms with Gasteiger partial charge in [0.25, 0.3) is 0 Å². The third-order valence-electron chi connectivity index (χ3n) is 5.57. The number of fused-ring (bicyclic) bond motifs is 1. The van der Waals surface area contributed by atoms with Gasteiger partial charge in [-0.25, -0.2) is 4.39 Å². The van der Waals surface area contributed by atoms with E-state index in [1.807, 2.05) is 48.5 Å². The van der Waals surface area contributed by atoms with Crippen LogP contribution >= 0.6 is 0 Å². The standard InChI is InChI=1S/C25H25FN2O3.C2H5NO/c1-16-13-18-14-23(29-3)24(30-4)15-22(18)25(27-28(16)2)17-5-9-20(10-6-17)31-21-11-7-19(26)8-12-21;1-3-2-4/h5-12,14-16H,13H2,1-4H3;2H,1H3,(H,3,4). The van der Waals surface area contributed by atoms with E-state index in [0.717, 1.165) is 28.8 Å². The highest BCUT2D eigenvalue weighted by molar-refractivity contribution is 6.14. The van der Waals surface area contributed by atoms with Crippen molar-refractivity contribution in [1.29, 1.82) is 0 Å². The Morgan fingerprint density at radius 3 is 2.09 bits per heavy atom. The van der Waals surface area contributed by atoms with Gasteiger partial charge in [0.15, 0.2) is 11.5 Å². The van der Waals surface area contributed by atoms with Crippen LogP contribution in [0.25, 0.3) is 0 Å². The SMILES string of the molecule is CNC=O.COc1cc2c(cc1OC)C(c1ccc(Oc3ccc(F)cc3)cc1)=NN(C)C(C)C2. The molecule has 1 amide bonds. The molecule has 0 aromatic heterocycles. The molecular formula is C27H30FN3O4. The van der Waals surface area contributed by atoms with Crippen molar-refractivity contribution < 1.29 is 23.4 Å². The molecule has 0 bridgehead atoms. The molecule has 0 fully saturated rings. The number of methoxy groups -OCH3 is 2. The number of hydrogen-bond donors (Lipinski definition) is 1. The molecule has 1 aliphatic rings. The average molecular weight is 480 g/mol. The second kappa shape index (κ2) is 11.9. The van der Waals surface area contributed by atoms with Gasteiger partial charge in [-0.1, -0.05) is 0 Å². The van der Waals surface area contributed by atoms with Gasteiger partial charge in [-0.3, -0.25) is 9.80 Å². The lowest BCUT2D eigenvalue weighted by Gasteiger charge is -2.20. The number of carbonyl (C=O) groups is 1. The zero-order chi connectivity index (χ0) is 25.4. The maximum atomic E-state index is 13.1. The highest BCUT2D eigenvalue weighted by atomic mass is 19.1.